The largest absolute Gasteiger partial charge is 0.508 e. The van der Waals surface area contributed by atoms with Crippen molar-refractivity contribution in [2.45, 2.75) is 32.9 Å². The van der Waals surface area contributed by atoms with E-state index in [9.17, 15) is 5.11 Å². The van der Waals surface area contributed by atoms with Gasteiger partial charge in [0.15, 0.2) is 0 Å². The van der Waals surface area contributed by atoms with Crippen LogP contribution in [0.25, 0.3) is 0 Å². The maximum absolute atomic E-state index is 10.0. The maximum atomic E-state index is 10.0. The highest BCUT2D eigenvalue weighted by atomic mass is 16.5. The molecule has 4 heteroatoms. The van der Waals surface area contributed by atoms with Gasteiger partial charge in [-0.3, -0.25) is 0 Å². The molecule has 2 unspecified atom stereocenters. The molecule has 0 aromatic heterocycles. The Morgan fingerprint density at radius 1 is 1.25 bits per heavy atom. The monoisotopic (exact) mass is 280 g/mol. The first-order valence-corrected chi connectivity index (χ1v) is 7.12. The summed E-state index contributed by atoms with van der Waals surface area (Å²) < 4.78 is 5.23. The third kappa shape index (κ3) is 4.69. The average molecular weight is 280 g/mol. The van der Waals surface area contributed by atoms with E-state index in [0.717, 1.165) is 17.9 Å². The summed E-state index contributed by atoms with van der Waals surface area (Å²) in [6.07, 6.45) is 0. The lowest BCUT2D eigenvalue weighted by molar-refractivity contribution is 0.272. The number of aromatic hydroxyl groups is 1. The van der Waals surface area contributed by atoms with Crippen molar-refractivity contribution in [3.8, 4) is 11.5 Å². The molecule has 0 aliphatic rings. The Morgan fingerprint density at radius 2 is 1.90 bits per heavy atom. The van der Waals surface area contributed by atoms with Crippen LogP contribution in [0, 0.1) is 5.92 Å². The number of phenolic OH excluding ortho intramolecular Hbond substituents is 1. The van der Waals surface area contributed by atoms with E-state index >= 15 is 0 Å². The van der Waals surface area contributed by atoms with Gasteiger partial charge in [0.2, 0.25) is 0 Å². The average Bonchev–Trinajstić information content (AvgIpc) is 2.37. The lowest BCUT2D eigenvalue weighted by atomic mass is 10.00. The van der Waals surface area contributed by atoms with E-state index in [1.807, 2.05) is 6.07 Å². The topological polar surface area (TPSA) is 44.7 Å². The molecule has 2 N–H and O–H groups in total. The molecule has 20 heavy (non-hydrogen) atoms. The third-order valence-electron chi connectivity index (χ3n) is 3.53. The number of nitrogens with zero attached hydrogens (tertiary/aromatic N) is 1. The first-order valence-electron chi connectivity index (χ1n) is 7.12. The van der Waals surface area contributed by atoms with Gasteiger partial charge < -0.3 is 20.1 Å². The smallest absolute Gasteiger partial charge is 0.120 e. The fraction of sp³-hybridized carbons (Fsp3) is 0.625. The lowest BCUT2D eigenvalue weighted by Crippen LogP contribution is -2.43. The Bertz CT molecular complexity index is 419. The van der Waals surface area contributed by atoms with Crippen molar-refractivity contribution in [2.75, 3.05) is 27.7 Å². The van der Waals surface area contributed by atoms with E-state index in [2.05, 4.69) is 45.1 Å². The second-order valence-electron chi connectivity index (χ2n) is 5.93. The molecule has 1 aromatic carbocycles. The lowest BCUT2D eigenvalue weighted by Gasteiger charge is -2.29. The van der Waals surface area contributed by atoms with Gasteiger partial charge in [-0.2, -0.15) is 0 Å². The van der Waals surface area contributed by atoms with Gasteiger partial charge in [-0.15, -0.1) is 0 Å². The highest BCUT2D eigenvalue weighted by molar-refractivity contribution is 5.41. The number of ether oxygens (including phenoxy) is 1. The summed E-state index contributed by atoms with van der Waals surface area (Å²) in [4.78, 5) is 2.18. The first-order chi connectivity index (χ1) is 9.35. The Hall–Kier alpha value is -1.26. The van der Waals surface area contributed by atoms with Crippen LogP contribution >= 0.6 is 0 Å². The summed E-state index contributed by atoms with van der Waals surface area (Å²) >= 11 is 0. The highest BCUT2D eigenvalue weighted by Crippen LogP contribution is 2.28. The Morgan fingerprint density at radius 3 is 2.40 bits per heavy atom. The van der Waals surface area contributed by atoms with E-state index in [-0.39, 0.29) is 6.04 Å². The zero-order valence-corrected chi connectivity index (χ0v) is 13.5. The normalized spacial score (nSPS) is 14.6. The van der Waals surface area contributed by atoms with E-state index < -0.39 is 0 Å². The molecule has 0 spiro atoms. The molecule has 0 amide bonds. The molecule has 0 radical (unpaired) electrons. The van der Waals surface area contributed by atoms with Crippen LogP contribution in [0.4, 0.5) is 0 Å². The van der Waals surface area contributed by atoms with Crippen molar-refractivity contribution in [2.24, 2.45) is 5.92 Å². The number of nitrogens with one attached hydrogen (secondary N) is 1. The molecular formula is C16H28N2O2. The van der Waals surface area contributed by atoms with Gasteiger partial charge in [0.05, 0.1) is 7.11 Å². The van der Waals surface area contributed by atoms with E-state index in [1.165, 1.54) is 0 Å². The van der Waals surface area contributed by atoms with Crippen LogP contribution < -0.4 is 10.1 Å². The molecule has 0 saturated heterocycles. The standard InChI is InChI=1S/C16H28N2O2/c1-11(2)15(10-18(4)5)17-12(3)14-9-13(20-6)7-8-16(14)19/h7-9,11-12,15,17,19H,10H2,1-6H3. The quantitative estimate of drug-likeness (QED) is 0.806. The number of methoxy groups -OCH3 is 1. The van der Waals surface area contributed by atoms with Crippen molar-refractivity contribution >= 4 is 0 Å². The minimum absolute atomic E-state index is 0.0671. The molecule has 2 atom stereocenters. The molecule has 0 saturated carbocycles. The van der Waals surface area contributed by atoms with Crippen LogP contribution in [0.3, 0.4) is 0 Å². The molecule has 0 aliphatic carbocycles. The summed E-state index contributed by atoms with van der Waals surface area (Å²) in [5.74, 6) is 1.59. The predicted octanol–water partition coefficient (Wildman–Crippen LogP) is 2.64. The van der Waals surface area contributed by atoms with Gasteiger partial charge in [0.25, 0.3) is 0 Å². The maximum Gasteiger partial charge on any atom is 0.120 e. The van der Waals surface area contributed by atoms with Crippen molar-refractivity contribution in [1.82, 2.24) is 10.2 Å². The summed E-state index contributed by atoms with van der Waals surface area (Å²) in [6, 6.07) is 5.77. The zero-order valence-electron chi connectivity index (χ0n) is 13.5. The number of hydrogen-bond acceptors (Lipinski definition) is 4. The predicted molar refractivity (Wildman–Crippen MR) is 83.4 cm³/mol. The number of rotatable bonds is 7. The molecule has 114 valence electrons. The fourth-order valence-electron chi connectivity index (χ4n) is 2.27. The van der Waals surface area contributed by atoms with Gasteiger partial charge in [0, 0.05) is 24.2 Å². The number of hydrogen-bond donors (Lipinski definition) is 2. The number of likely N-dealkylation sites (N-methyl/N-ethyl adjacent to an activating group) is 1. The van der Waals surface area contributed by atoms with E-state index in [1.54, 1.807) is 19.2 Å². The van der Waals surface area contributed by atoms with Crippen LogP contribution in [0.2, 0.25) is 0 Å². The molecular weight excluding hydrogens is 252 g/mol. The van der Waals surface area contributed by atoms with Gasteiger partial charge in [0.1, 0.15) is 11.5 Å². The minimum Gasteiger partial charge on any atom is -0.508 e. The van der Waals surface area contributed by atoms with Gasteiger partial charge in [-0.05, 0) is 45.1 Å². The Kier molecular flexibility index (Phi) is 6.30. The third-order valence-corrected chi connectivity index (χ3v) is 3.53. The molecule has 0 aliphatic heterocycles. The van der Waals surface area contributed by atoms with Crippen LogP contribution in [0.5, 0.6) is 11.5 Å². The summed E-state index contributed by atoms with van der Waals surface area (Å²) in [6.45, 7) is 7.45. The van der Waals surface area contributed by atoms with Crippen LogP contribution in [-0.2, 0) is 0 Å². The molecule has 0 heterocycles. The van der Waals surface area contributed by atoms with Crippen molar-refractivity contribution in [3.63, 3.8) is 0 Å². The summed E-state index contributed by atoms with van der Waals surface area (Å²) in [5.41, 5.74) is 0.869. The Labute approximate surface area is 122 Å². The van der Waals surface area contributed by atoms with Crippen LogP contribution in [0.15, 0.2) is 18.2 Å². The van der Waals surface area contributed by atoms with Gasteiger partial charge in [-0.1, -0.05) is 13.8 Å². The van der Waals surface area contributed by atoms with Gasteiger partial charge in [-0.25, -0.2) is 0 Å². The van der Waals surface area contributed by atoms with E-state index in [0.29, 0.717) is 17.7 Å². The molecule has 4 nitrogen and oxygen atoms in total. The van der Waals surface area contributed by atoms with Crippen LogP contribution in [0.1, 0.15) is 32.4 Å². The number of phenols is 1. The van der Waals surface area contributed by atoms with Crippen LogP contribution in [-0.4, -0.2) is 43.8 Å². The zero-order chi connectivity index (χ0) is 15.3. The summed E-state index contributed by atoms with van der Waals surface area (Å²) in [5, 5.41) is 13.6. The second kappa shape index (κ2) is 7.50. The SMILES string of the molecule is COc1ccc(O)c(C(C)NC(CN(C)C)C(C)C)c1. The highest BCUT2D eigenvalue weighted by Gasteiger charge is 2.19. The van der Waals surface area contributed by atoms with E-state index in [4.69, 9.17) is 4.74 Å². The Balaban J connectivity index is 2.85. The first kappa shape index (κ1) is 16.8. The molecule has 1 aromatic rings. The minimum atomic E-state index is 0.0671. The van der Waals surface area contributed by atoms with Gasteiger partial charge >= 0.3 is 0 Å². The summed E-state index contributed by atoms with van der Waals surface area (Å²) in [7, 11) is 5.78. The van der Waals surface area contributed by atoms with Crippen molar-refractivity contribution < 1.29 is 9.84 Å². The molecule has 0 bridgehead atoms. The van der Waals surface area contributed by atoms with Crippen molar-refractivity contribution in [3.05, 3.63) is 23.8 Å². The van der Waals surface area contributed by atoms with Crippen molar-refractivity contribution in [1.29, 1.82) is 0 Å². The second-order valence-corrected chi connectivity index (χ2v) is 5.93. The molecule has 0 fully saturated rings. The number of benzene rings is 1. The molecule has 1 rings (SSSR count). The fourth-order valence-corrected chi connectivity index (χ4v) is 2.27.